The van der Waals surface area contributed by atoms with Crippen LogP contribution >= 0.6 is 27.3 Å². The fourth-order valence-electron chi connectivity index (χ4n) is 0.670. The average molecular weight is 222 g/mol. The molecule has 0 fully saturated rings. The monoisotopic (exact) mass is 221 g/mol. The van der Waals surface area contributed by atoms with Crippen LogP contribution in [0.1, 0.15) is 10.4 Å². The number of aliphatic hydroxyl groups excluding tert-OH is 1. The first-order chi connectivity index (χ1) is 4.77. The summed E-state index contributed by atoms with van der Waals surface area (Å²) in [5.41, 5.74) is 6.32. The third kappa shape index (κ3) is 1.58. The number of hydrogen-bond donors (Lipinski definition) is 2. The van der Waals surface area contributed by atoms with E-state index < -0.39 is 0 Å². The van der Waals surface area contributed by atoms with E-state index in [4.69, 9.17) is 10.8 Å². The van der Waals surface area contributed by atoms with Crippen molar-refractivity contribution < 1.29 is 5.11 Å². The molecule has 1 aromatic rings. The van der Waals surface area contributed by atoms with Gasteiger partial charge in [0.2, 0.25) is 0 Å². The van der Waals surface area contributed by atoms with Crippen molar-refractivity contribution in [3.05, 3.63) is 20.3 Å². The molecule has 0 bridgehead atoms. The molecular formula is C6H8BrNOS. The number of nitrogens with two attached hydrogens (primary N) is 1. The van der Waals surface area contributed by atoms with Crippen LogP contribution in [-0.2, 0) is 13.2 Å². The van der Waals surface area contributed by atoms with E-state index >= 15 is 0 Å². The minimum absolute atomic E-state index is 0.0804. The van der Waals surface area contributed by atoms with Crippen molar-refractivity contribution >= 4 is 27.3 Å². The van der Waals surface area contributed by atoms with Crippen molar-refractivity contribution in [1.82, 2.24) is 0 Å². The second-order valence-electron chi connectivity index (χ2n) is 1.87. The molecule has 0 spiro atoms. The highest BCUT2D eigenvalue weighted by Gasteiger charge is 2.02. The van der Waals surface area contributed by atoms with E-state index in [1.165, 1.54) is 0 Å². The summed E-state index contributed by atoms with van der Waals surface area (Å²) in [6.45, 7) is 0.625. The van der Waals surface area contributed by atoms with Gasteiger partial charge in [-0.3, -0.25) is 0 Å². The van der Waals surface area contributed by atoms with E-state index in [0.29, 0.717) is 6.54 Å². The lowest BCUT2D eigenvalue weighted by Gasteiger charge is -1.85. The zero-order chi connectivity index (χ0) is 7.56. The number of rotatable bonds is 2. The Morgan fingerprint density at radius 3 is 2.70 bits per heavy atom. The van der Waals surface area contributed by atoms with Crippen LogP contribution in [0.25, 0.3) is 0 Å². The second-order valence-corrected chi connectivity index (χ2v) is 4.33. The summed E-state index contributed by atoms with van der Waals surface area (Å²) < 4.78 is 0.982. The molecule has 3 N–H and O–H groups in total. The van der Waals surface area contributed by atoms with Gasteiger partial charge in [-0.05, 0) is 22.0 Å². The SMILES string of the molecule is NCc1cc(CO)c(Br)s1. The third-order valence-electron chi connectivity index (χ3n) is 1.18. The molecule has 0 aliphatic heterocycles. The minimum Gasteiger partial charge on any atom is -0.392 e. The maximum Gasteiger partial charge on any atom is 0.0756 e. The third-order valence-corrected chi connectivity index (χ3v) is 3.16. The topological polar surface area (TPSA) is 46.2 Å². The number of aliphatic hydroxyl groups is 1. The summed E-state index contributed by atoms with van der Waals surface area (Å²) in [5.74, 6) is 0. The Kier molecular flexibility index (Phi) is 2.85. The van der Waals surface area contributed by atoms with E-state index in [9.17, 15) is 0 Å². The molecule has 10 heavy (non-hydrogen) atoms. The van der Waals surface area contributed by atoms with Gasteiger partial charge in [0.1, 0.15) is 0 Å². The Morgan fingerprint density at radius 2 is 2.40 bits per heavy atom. The van der Waals surface area contributed by atoms with Crippen LogP contribution in [0.3, 0.4) is 0 Å². The first-order valence-electron chi connectivity index (χ1n) is 2.86. The predicted octanol–water partition coefficient (Wildman–Crippen LogP) is 1.46. The summed E-state index contributed by atoms with van der Waals surface area (Å²) in [5, 5.41) is 8.76. The van der Waals surface area contributed by atoms with Gasteiger partial charge in [-0.1, -0.05) is 0 Å². The first kappa shape index (κ1) is 8.20. The highest BCUT2D eigenvalue weighted by Crippen LogP contribution is 2.27. The molecular weight excluding hydrogens is 214 g/mol. The van der Waals surface area contributed by atoms with E-state index in [1.54, 1.807) is 11.3 Å². The van der Waals surface area contributed by atoms with Crippen molar-refractivity contribution in [3.8, 4) is 0 Å². The predicted molar refractivity (Wildman–Crippen MR) is 45.8 cm³/mol. The van der Waals surface area contributed by atoms with Crippen molar-refractivity contribution in [2.75, 3.05) is 0 Å². The van der Waals surface area contributed by atoms with Crippen LogP contribution in [0, 0.1) is 0 Å². The molecule has 0 aromatic carbocycles. The summed E-state index contributed by atoms with van der Waals surface area (Å²) >= 11 is 4.89. The maximum atomic E-state index is 8.76. The van der Waals surface area contributed by atoms with Crippen LogP contribution in [-0.4, -0.2) is 5.11 Å². The lowest BCUT2D eigenvalue weighted by atomic mass is 10.3. The molecule has 0 unspecified atom stereocenters. The minimum atomic E-state index is 0.0804. The Balaban J connectivity index is 2.92. The van der Waals surface area contributed by atoms with Gasteiger partial charge in [-0.15, -0.1) is 11.3 Å². The quantitative estimate of drug-likeness (QED) is 0.795. The van der Waals surface area contributed by atoms with Crippen LogP contribution in [0.4, 0.5) is 0 Å². The average Bonchev–Trinajstić information content (AvgIpc) is 2.30. The van der Waals surface area contributed by atoms with Gasteiger partial charge in [0.15, 0.2) is 0 Å². The molecule has 0 aliphatic rings. The molecule has 4 heteroatoms. The van der Waals surface area contributed by atoms with Crippen molar-refractivity contribution in [1.29, 1.82) is 0 Å². The smallest absolute Gasteiger partial charge is 0.0756 e. The Labute approximate surface area is 71.8 Å². The number of hydrogen-bond acceptors (Lipinski definition) is 3. The van der Waals surface area contributed by atoms with Gasteiger partial charge < -0.3 is 10.8 Å². The molecule has 0 saturated carbocycles. The molecule has 0 saturated heterocycles. The normalized spacial score (nSPS) is 10.3. The van der Waals surface area contributed by atoms with Crippen LogP contribution in [0.2, 0.25) is 0 Å². The fraction of sp³-hybridized carbons (Fsp3) is 0.333. The van der Waals surface area contributed by atoms with Gasteiger partial charge in [-0.2, -0.15) is 0 Å². The lowest BCUT2D eigenvalue weighted by molar-refractivity contribution is 0.281. The number of thiophene rings is 1. The summed E-state index contributed by atoms with van der Waals surface area (Å²) in [7, 11) is 0. The van der Waals surface area contributed by atoms with Gasteiger partial charge in [-0.25, -0.2) is 0 Å². The molecule has 0 aliphatic carbocycles. The second kappa shape index (κ2) is 3.48. The molecule has 1 aromatic heterocycles. The van der Waals surface area contributed by atoms with Gasteiger partial charge in [0.25, 0.3) is 0 Å². The molecule has 0 amide bonds. The fourth-order valence-corrected chi connectivity index (χ4v) is 2.30. The van der Waals surface area contributed by atoms with Crippen molar-refractivity contribution in [3.63, 3.8) is 0 Å². The molecule has 1 rings (SSSR count). The molecule has 0 radical (unpaired) electrons. The van der Waals surface area contributed by atoms with Crippen molar-refractivity contribution in [2.24, 2.45) is 5.73 Å². The summed E-state index contributed by atoms with van der Waals surface area (Å²) in [6.07, 6.45) is 0. The molecule has 1 heterocycles. The van der Waals surface area contributed by atoms with Crippen LogP contribution in [0.15, 0.2) is 9.85 Å². The lowest BCUT2D eigenvalue weighted by Crippen LogP contribution is -1.91. The van der Waals surface area contributed by atoms with Crippen molar-refractivity contribution in [2.45, 2.75) is 13.2 Å². The Bertz CT molecular complexity index is 224. The van der Waals surface area contributed by atoms with Crippen LogP contribution < -0.4 is 5.73 Å². The largest absolute Gasteiger partial charge is 0.392 e. The van der Waals surface area contributed by atoms with Crippen LogP contribution in [0.5, 0.6) is 0 Å². The summed E-state index contributed by atoms with van der Waals surface area (Å²) in [4.78, 5) is 1.09. The molecule has 2 nitrogen and oxygen atoms in total. The Hall–Kier alpha value is 0.1000. The maximum absolute atomic E-state index is 8.76. The molecule has 56 valence electrons. The highest BCUT2D eigenvalue weighted by molar-refractivity contribution is 9.11. The standard InChI is InChI=1S/C6H8BrNOS/c7-6-4(3-9)1-5(2-8)10-6/h1,9H,2-3,8H2. The van der Waals surface area contributed by atoms with Gasteiger partial charge >= 0.3 is 0 Å². The highest BCUT2D eigenvalue weighted by atomic mass is 79.9. The zero-order valence-electron chi connectivity index (χ0n) is 5.30. The van der Waals surface area contributed by atoms with Gasteiger partial charge in [0, 0.05) is 17.0 Å². The summed E-state index contributed by atoms with van der Waals surface area (Å²) in [6, 6.07) is 1.91. The molecule has 0 atom stereocenters. The number of halogens is 1. The van der Waals surface area contributed by atoms with E-state index in [0.717, 1.165) is 14.2 Å². The first-order valence-corrected chi connectivity index (χ1v) is 4.47. The van der Waals surface area contributed by atoms with Gasteiger partial charge in [0.05, 0.1) is 10.4 Å². The Morgan fingerprint density at radius 1 is 1.70 bits per heavy atom. The van der Waals surface area contributed by atoms with E-state index in [-0.39, 0.29) is 6.61 Å². The van der Waals surface area contributed by atoms with E-state index in [1.807, 2.05) is 6.07 Å². The van der Waals surface area contributed by atoms with E-state index in [2.05, 4.69) is 15.9 Å². The zero-order valence-corrected chi connectivity index (χ0v) is 7.70.